The van der Waals surface area contributed by atoms with Crippen LogP contribution in [0, 0.1) is 0 Å². The SMILES string of the molecule is C/C(=C\CN1CCC(=C2c3ccccc3C=Cc3ccccc32)CC1)c1ccc(S(N)(=O)=O)cc1. The minimum absolute atomic E-state index is 0.141. The average molecular weight is 483 g/mol. The molecule has 0 bridgehead atoms. The normalized spacial score (nSPS) is 16.6. The van der Waals surface area contributed by atoms with Crippen LogP contribution in [0.1, 0.15) is 47.6 Å². The van der Waals surface area contributed by atoms with Crippen molar-refractivity contribution < 1.29 is 8.42 Å². The number of likely N-dealkylation sites (tertiary alicyclic amines) is 1. The van der Waals surface area contributed by atoms with Crippen LogP contribution >= 0.6 is 0 Å². The van der Waals surface area contributed by atoms with Crippen LogP contribution in [0.25, 0.3) is 23.3 Å². The molecule has 0 saturated carbocycles. The second kappa shape index (κ2) is 9.78. The first-order chi connectivity index (χ1) is 16.9. The standard InChI is InChI=1S/C30H30N2O2S/c1-22(23-12-14-27(15-13-23)35(31,33)34)16-19-32-20-17-26(18-21-32)30-28-8-4-2-6-24(28)10-11-25-7-3-5-9-29(25)30/h2-16H,17-21H2,1H3,(H2,31,33,34)/b22-16+. The zero-order chi connectivity index (χ0) is 24.4. The van der Waals surface area contributed by atoms with Crippen LogP contribution < -0.4 is 5.14 Å². The van der Waals surface area contributed by atoms with E-state index >= 15 is 0 Å². The summed E-state index contributed by atoms with van der Waals surface area (Å²) in [7, 11) is -3.66. The van der Waals surface area contributed by atoms with Gasteiger partial charge in [-0.15, -0.1) is 0 Å². The molecule has 0 unspecified atom stereocenters. The molecule has 2 aliphatic rings. The van der Waals surface area contributed by atoms with Crippen molar-refractivity contribution in [1.82, 2.24) is 4.90 Å². The van der Waals surface area contributed by atoms with Gasteiger partial charge in [-0.05, 0) is 70.9 Å². The predicted octanol–water partition coefficient (Wildman–Crippen LogP) is 5.82. The van der Waals surface area contributed by atoms with Crippen LogP contribution in [-0.2, 0) is 10.0 Å². The summed E-state index contributed by atoms with van der Waals surface area (Å²) in [5, 5.41) is 5.21. The van der Waals surface area contributed by atoms with Gasteiger partial charge in [0, 0.05) is 19.6 Å². The van der Waals surface area contributed by atoms with Gasteiger partial charge in [0.25, 0.3) is 0 Å². The number of piperidine rings is 1. The maximum Gasteiger partial charge on any atom is 0.238 e. The average Bonchev–Trinajstić information content (AvgIpc) is 3.04. The van der Waals surface area contributed by atoms with Crippen molar-refractivity contribution in [3.63, 3.8) is 0 Å². The number of fused-ring (bicyclic) bond motifs is 2. The smallest absolute Gasteiger partial charge is 0.238 e. The summed E-state index contributed by atoms with van der Waals surface area (Å²) in [6, 6.07) is 24.2. The molecule has 5 heteroatoms. The highest BCUT2D eigenvalue weighted by atomic mass is 32.2. The molecule has 2 N–H and O–H groups in total. The van der Waals surface area contributed by atoms with Crippen LogP contribution in [0.15, 0.2) is 89.3 Å². The highest BCUT2D eigenvalue weighted by molar-refractivity contribution is 7.89. The molecule has 1 aliphatic carbocycles. The maximum atomic E-state index is 11.5. The third-order valence-corrected chi connectivity index (χ3v) is 7.94. The predicted molar refractivity (Wildman–Crippen MR) is 145 cm³/mol. The van der Waals surface area contributed by atoms with Crippen LogP contribution in [0.2, 0.25) is 0 Å². The molecule has 1 saturated heterocycles. The lowest BCUT2D eigenvalue weighted by Crippen LogP contribution is -2.31. The van der Waals surface area contributed by atoms with E-state index in [0.29, 0.717) is 0 Å². The number of benzene rings is 3. The summed E-state index contributed by atoms with van der Waals surface area (Å²) in [5.41, 5.74) is 10.3. The quantitative estimate of drug-likeness (QED) is 0.399. The summed E-state index contributed by atoms with van der Waals surface area (Å²) in [6.07, 6.45) is 8.80. The monoisotopic (exact) mass is 482 g/mol. The molecule has 0 spiro atoms. The van der Waals surface area contributed by atoms with Gasteiger partial charge in [0.1, 0.15) is 0 Å². The van der Waals surface area contributed by atoms with Crippen molar-refractivity contribution in [3.8, 4) is 0 Å². The third-order valence-electron chi connectivity index (χ3n) is 7.01. The molecule has 3 aromatic carbocycles. The Morgan fingerprint density at radius 2 is 1.40 bits per heavy atom. The van der Waals surface area contributed by atoms with Gasteiger partial charge in [-0.1, -0.05) is 84.5 Å². The van der Waals surface area contributed by atoms with E-state index in [1.54, 1.807) is 12.1 Å². The van der Waals surface area contributed by atoms with E-state index in [1.165, 1.54) is 33.4 Å². The summed E-state index contributed by atoms with van der Waals surface area (Å²) in [5.74, 6) is 0. The van der Waals surface area contributed by atoms with E-state index in [9.17, 15) is 8.42 Å². The first-order valence-electron chi connectivity index (χ1n) is 12.0. The fraction of sp³-hybridized carbons (Fsp3) is 0.200. The van der Waals surface area contributed by atoms with Gasteiger partial charge in [-0.2, -0.15) is 0 Å². The van der Waals surface area contributed by atoms with E-state index in [4.69, 9.17) is 5.14 Å². The number of hydrogen-bond acceptors (Lipinski definition) is 3. The summed E-state index contributed by atoms with van der Waals surface area (Å²) in [6.45, 7) is 4.98. The number of hydrogen-bond donors (Lipinski definition) is 1. The number of sulfonamides is 1. The molecule has 1 aliphatic heterocycles. The van der Waals surface area contributed by atoms with Crippen molar-refractivity contribution in [2.45, 2.75) is 24.7 Å². The molecule has 3 aromatic rings. The summed E-state index contributed by atoms with van der Waals surface area (Å²) >= 11 is 0. The Hall–Kier alpha value is -3.25. The van der Waals surface area contributed by atoms with E-state index in [2.05, 4.69) is 78.6 Å². The minimum Gasteiger partial charge on any atom is -0.299 e. The molecule has 0 amide bonds. The van der Waals surface area contributed by atoms with Crippen molar-refractivity contribution in [1.29, 1.82) is 0 Å². The maximum absolute atomic E-state index is 11.5. The van der Waals surface area contributed by atoms with E-state index in [0.717, 1.165) is 43.6 Å². The van der Waals surface area contributed by atoms with Crippen molar-refractivity contribution in [2.24, 2.45) is 5.14 Å². The molecule has 0 radical (unpaired) electrons. The van der Waals surface area contributed by atoms with E-state index < -0.39 is 10.0 Å². The fourth-order valence-electron chi connectivity index (χ4n) is 4.99. The van der Waals surface area contributed by atoms with Gasteiger partial charge in [0.15, 0.2) is 0 Å². The van der Waals surface area contributed by atoms with Gasteiger partial charge in [-0.3, -0.25) is 4.90 Å². The number of nitrogens with zero attached hydrogens (tertiary/aromatic N) is 1. The fourth-order valence-corrected chi connectivity index (χ4v) is 5.51. The Labute approximate surface area is 208 Å². The lowest BCUT2D eigenvalue weighted by Gasteiger charge is -2.30. The third kappa shape index (κ3) is 5.08. The second-order valence-electron chi connectivity index (χ2n) is 9.24. The Bertz CT molecular complexity index is 1390. The molecular weight excluding hydrogens is 452 g/mol. The molecule has 1 fully saturated rings. The summed E-state index contributed by atoms with van der Waals surface area (Å²) < 4.78 is 23.0. The van der Waals surface area contributed by atoms with Crippen LogP contribution in [0.5, 0.6) is 0 Å². The molecule has 178 valence electrons. The zero-order valence-electron chi connectivity index (χ0n) is 19.9. The number of nitrogens with two attached hydrogens (primary N) is 1. The first-order valence-corrected chi connectivity index (χ1v) is 13.6. The molecule has 1 heterocycles. The summed E-state index contributed by atoms with van der Waals surface area (Å²) in [4.78, 5) is 2.63. The van der Waals surface area contributed by atoms with Gasteiger partial charge in [0.05, 0.1) is 4.90 Å². The lowest BCUT2D eigenvalue weighted by atomic mass is 9.86. The van der Waals surface area contributed by atoms with Crippen LogP contribution in [-0.4, -0.2) is 33.0 Å². The van der Waals surface area contributed by atoms with Crippen molar-refractivity contribution in [3.05, 3.63) is 112 Å². The first kappa shape index (κ1) is 23.5. The molecule has 0 aromatic heterocycles. The van der Waals surface area contributed by atoms with E-state index in [-0.39, 0.29) is 4.90 Å². The number of rotatable bonds is 4. The minimum atomic E-state index is -3.66. The number of primary sulfonamides is 1. The second-order valence-corrected chi connectivity index (χ2v) is 10.8. The van der Waals surface area contributed by atoms with E-state index in [1.807, 2.05) is 12.1 Å². The highest BCUT2D eigenvalue weighted by Gasteiger charge is 2.22. The van der Waals surface area contributed by atoms with Crippen LogP contribution in [0.4, 0.5) is 0 Å². The van der Waals surface area contributed by atoms with Crippen LogP contribution in [0.3, 0.4) is 0 Å². The molecule has 4 nitrogen and oxygen atoms in total. The molecule has 35 heavy (non-hydrogen) atoms. The molecule has 0 atom stereocenters. The Kier molecular flexibility index (Phi) is 6.56. The Morgan fingerprint density at radius 1 is 0.857 bits per heavy atom. The molecule has 5 rings (SSSR count). The Balaban J connectivity index is 1.33. The van der Waals surface area contributed by atoms with Crippen molar-refractivity contribution in [2.75, 3.05) is 19.6 Å². The zero-order valence-corrected chi connectivity index (χ0v) is 20.8. The van der Waals surface area contributed by atoms with Gasteiger partial charge >= 0.3 is 0 Å². The van der Waals surface area contributed by atoms with Gasteiger partial charge in [-0.25, -0.2) is 13.6 Å². The lowest BCUT2D eigenvalue weighted by molar-refractivity contribution is 0.283. The molecular formula is C30H30N2O2S. The van der Waals surface area contributed by atoms with Gasteiger partial charge in [0.2, 0.25) is 10.0 Å². The van der Waals surface area contributed by atoms with Gasteiger partial charge < -0.3 is 0 Å². The Morgan fingerprint density at radius 3 is 1.94 bits per heavy atom. The highest BCUT2D eigenvalue weighted by Crippen LogP contribution is 2.38. The topological polar surface area (TPSA) is 63.4 Å². The number of allylic oxidation sites excluding steroid dienone is 1. The largest absolute Gasteiger partial charge is 0.299 e. The van der Waals surface area contributed by atoms with Crippen molar-refractivity contribution >= 4 is 33.3 Å².